The third-order valence-electron chi connectivity index (χ3n) is 3.76. The Morgan fingerprint density at radius 2 is 1.89 bits per heavy atom. The molecule has 0 heterocycles. The highest BCUT2D eigenvalue weighted by Gasteiger charge is 2.26. The molecule has 3 heteroatoms. The first kappa shape index (κ1) is 13.2. The van der Waals surface area contributed by atoms with Gasteiger partial charge in [-0.1, -0.05) is 13.0 Å². The molecule has 1 aromatic carbocycles. The summed E-state index contributed by atoms with van der Waals surface area (Å²) in [6, 6.07) is 7.24. The zero-order valence-electron chi connectivity index (χ0n) is 11.7. The van der Waals surface area contributed by atoms with E-state index in [1.165, 1.54) is 18.4 Å². The van der Waals surface area contributed by atoms with Crippen LogP contribution in [-0.4, -0.2) is 26.3 Å². The van der Waals surface area contributed by atoms with Gasteiger partial charge in [0.05, 0.1) is 14.2 Å². The highest BCUT2D eigenvalue weighted by Crippen LogP contribution is 2.33. The molecule has 1 fully saturated rings. The van der Waals surface area contributed by atoms with E-state index in [2.05, 4.69) is 25.2 Å². The molecule has 0 bridgehead atoms. The van der Waals surface area contributed by atoms with Crippen LogP contribution in [0.3, 0.4) is 0 Å². The maximum atomic E-state index is 5.47. The van der Waals surface area contributed by atoms with Gasteiger partial charge in [-0.3, -0.25) is 0 Å². The maximum absolute atomic E-state index is 5.47. The third kappa shape index (κ3) is 2.96. The molecule has 1 aromatic rings. The summed E-state index contributed by atoms with van der Waals surface area (Å²) in [5, 5.41) is 3.65. The minimum Gasteiger partial charge on any atom is -0.497 e. The fourth-order valence-electron chi connectivity index (χ4n) is 2.23. The molecule has 0 radical (unpaired) electrons. The molecule has 100 valence electrons. The van der Waals surface area contributed by atoms with Crippen LogP contribution in [0, 0.1) is 0 Å². The minimum absolute atomic E-state index is 0.423. The summed E-state index contributed by atoms with van der Waals surface area (Å²) in [5.41, 5.74) is 1.24. The molecule has 0 amide bonds. The first-order valence-corrected chi connectivity index (χ1v) is 6.63. The lowest BCUT2D eigenvalue weighted by Gasteiger charge is -2.23. The zero-order chi connectivity index (χ0) is 13.1. The molecule has 1 N–H and O–H groups in total. The van der Waals surface area contributed by atoms with Crippen LogP contribution in [0.4, 0.5) is 0 Å². The van der Waals surface area contributed by atoms with Crippen LogP contribution in [-0.2, 0) is 0 Å². The second kappa shape index (κ2) is 5.61. The molecule has 0 aromatic heterocycles. The second-order valence-electron chi connectivity index (χ2n) is 5.13. The highest BCUT2D eigenvalue weighted by atomic mass is 16.5. The lowest BCUT2D eigenvalue weighted by atomic mass is 9.93. The smallest absolute Gasteiger partial charge is 0.126 e. The lowest BCUT2D eigenvalue weighted by Crippen LogP contribution is -2.32. The molecule has 18 heavy (non-hydrogen) atoms. The predicted octanol–water partition coefficient (Wildman–Crippen LogP) is 2.95. The second-order valence-corrected chi connectivity index (χ2v) is 5.13. The van der Waals surface area contributed by atoms with Gasteiger partial charge in [-0.15, -0.1) is 0 Å². The normalized spacial score (nSPS) is 18.2. The molecule has 0 aliphatic heterocycles. The molecular weight excluding hydrogens is 226 g/mol. The number of methoxy groups -OCH3 is 2. The first-order chi connectivity index (χ1) is 8.65. The first-order valence-electron chi connectivity index (χ1n) is 6.63. The summed E-state index contributed by atoms with van der Waals surface area (Å²) in [7, 11) is 3.39. The summed E-state index contributed by atoms with van der Waals surface area (Å²) in [6.45, 7) is 4.48. The highest BCUT2D eigenvalue weighted by molar-refractivity contribution is 5.43. The number of benzene rings is 1. The van der Waals surface area contributed by atoms with Crippen molar-refractivity contribution in [2.24, 2.45) is 0 Å². The largest absolute Gasteiger partial charge is 0.497 e. The molecule has 1 saturated carbocycles. The third-order valence-corrected chi connectivity index (χ3v) is 3.76. The topological polar surface area (TPSA) is 30.5 Å². The number of hydrogen-bond acceptors (Lipinski definition) is 3. The molecule has 2 unspecified atom stereocenters. The summed E-state index contributed by atoms with van der Waals surface area (Å²) in [5.74, 6) is 2.17. The fraction of sp³-hybridized carbons (Fsp3) is 0.600. The van der Waals surface area contributed by atoms with Gasteiger partial charge >= 0.3 is 0 Å². The van der Waals surface area contributed by atoms with Gasteiger partial charge in [0.1, 0.15) is 11.5 Å². The van der Waals surface area contributed by atoms with E-state index in [0.717, 1.165) is 17.5 Å². The van der Waals surface area contributed by atoms with E-state index in [9.17, 15) is 0 Å². The van der Waals surface area contributed by atoms with Gasteiger partial charge in [-0.25, -0.2) is 0 Å². The van der Waals surface area contributed by atoms with Gasteiger partial charge in [0.15, 0.2) is 0 Å². The van der Waals surface area contributed by atoms with Crippen molar-refractivity contribution in [3.8, 4) is 11.5 Å². The van der Waals surface area contributed by atoms with E-state index in [0.29, 0.717) is 12.0 Å². The number of rotatable bonds is 6. The molecule has 2 atom stereocenters. The van der Waals surface area contributed by atoms with E-state index in [1.807, 2.05) is 12.1 Å². The van der Waals surface area contributed by atoms with Crippen LogP contribution in [0.15, 0.2) is 18.2 Å². The molecule has 1 aliphatic rings. The van der Waals surface area contributed by atoms with Crippen LogP contribution in [0.5, 0.6) is 11.5 Å². The van der Waals surface area contributed by atoms with Gasteiger partial charge in [-0.05, 0) is 37.3 Å². The van der Waals surface area contributed by atoms with Gasteiger partial charge in [0, 0.05) is 18.2 Å². The standard InChI is InChI=1S/C15H23NO2/c1-10(11(2)16-12-5-6-12)14-8-7-13(17-3)9-15(14)18-4/h7-12,16H,5-6H2,1-4H3. The van der Waals surface area contributed by atoms with Crippen LogP contribution < -0.4 is 14.8 Å². The van der Waals surface area contributed by atoms with Crippen LogP contribution in [0.1, 0.15) is 38.2 Å². The Hall–Kier alpha value is -1.22. The monoisotopic (exact) mass is 249 g/mol. The van der Waals surface area contributed by atoms with Crippen LogP contribution in [0.25, 0.3) is 0 Å². The van der Waals surface area contributed by atoms with E-state index in [4.69, 9.17) is 9.47 Å². The minimum atomic E-state index is 0.423. The van der Waals surface area contributed by atoms with Crippen LogP contribution >= 0.6 is 0 Å². The van der Waals surface area contributed by atoms with Crippen molar-refractivity contribution >= 4 is 0 Å². The summed E-state index contributed by atoms with van der Waals surface area (Å²) < 4.78 is 10.7. The molecule has 0 saturated heterocycles. The molecule has 3 nitrogen and oxygen atoms in total. The van der Waals surface area contributed by atoms with E-state index in [-0.39, 0.29) is 0 Å². The van der Waals surface area contributed by atoms with Gasteiger partial charge in [0.2, 0.25) is 0 Å². The Morgan fingerprint density at radius 1 is 1.17 bits per heavy atom. The predicted molar refractivity (Wildman–Crippen MR) is 73.6 cm³/mol. The van der Waals surface area contributed by atoms with Crippen molar-refractivity contribution in [3.05, 3.63) is 23.8 Å². The summed E-state index contributed by atoms with van der Waals surface area (Å²) in [4.78, 5) is 0. The Balaban J connectivity index is 2.14. The summed E-state index contributed by atoms with van der Waals surface area (Å²) in [6.07, 6.45) is 2.63. The van der Waals surface area contributed by atoms with Gasteiger partial charge < -0.3 is 14.8 Å². The van der Waals surface area contributed by atoms with Crippen molar-refractivity contribution in [1.82, 2.24) is 5.32 Å². The molecule has 2 rings (SSSR count). The molecular formula is C15H23NO2. The maximum Gasteiger partial charge on any atom is 0.126 e. The van der Waals surface area contributed by atoms with E-state index < -0.39 is 0 Å². The molecule has 1 aliphatic carbocycles. The van der Waals surface area contributed by atoms with E-state index >= 15 is 0 Å². The van der Waals surface area contributed by atoms with Crippen molar-refractivity contribution in [2.45, 2.75) is 44.7 Å². The van der Waals surface area contributed by atoms with Gasteiger partial charge in [-0.2, -0.15) is 0 Å². The fourth-order valence-corrected chi connectivity index (χ4v) is 2.23. The Morgan fingerprint density at radius 3 is 2.44 bits per heavy atom. The number of hydrogen-bond donors (Lipinski definition) is 1. The Labute approximate surface area is 109 Å². The Kier molecular flexibility index (Phi) is 4.12. The van der Waals surface area contributed by atoms with Crippen molar-refractivity contribution in [2.75, 3.05) is 14.2 Å². The lowest BCUT2D eigenvalue weighted by molar-refractivity contribution is 0.382. The van der Waals surface area contributed by atoms with Crippen LogP contribution in [0.2, 0.25) is 0 Å². The average Bonchev–Trinajstić information content (AvgIpc) is 3.20. The number of nitrogens with one attached hydrogen (secondary N) is 1. The SMILES string of the molecule is COc1ccc(C(C)C(C)NC2CC2)c(OC)c1. The van der Waals surface area contributed by atoms with Crippen molar-refractivity contribution in [3.63, 3.8) is 0 Å². The Bertz CT molecular complexity index is 401. The van der Waals surface area contributed by atoms with E-state index in [1.54, 1.807) is 14.2 Å². The van der Waals surface area contributed by atoms with Crippen molar-refractivity contribution < 1.29 is 9.47 Å². The summed E-state index contributed by atoms with van der Waals surface area (Å²) >= 11 is 0. The average molecular weight is 249 g/mol. The quantitative estimate of drug-likeness (QED) is 0.841. The zero-order valence-corrected chi connectivity index (χ0v) is 11.7. The van der Waals surface area contributed by atoms with Gasteiger partial charge in [0.25, 0.3) is 0 Å². The molecule has 0 spiro atoms. The number of ether oxygens (including phenoxy) is 2. The van der Waals surface area contributed by atoms with Crippen molar-refractivity contribution in [1.29, 1.82) is 0 Å².